The normalized spacial score (nSPS) is 15.3. The van der Waals surface area contributed by atoms with Crippen LogP contribution in [0.1, 0.15) is 27.9 Å². The predicted molar refractivity (Wildman–Crippen MR) is 155 cm³/mol. The molecule has 1 fully saturated rings. The predicted octanol–water partition coefficient (Wildman–Crippen LogP) is 4.30. The summed E-state index contributed by atoms with van der Waals surface area (Å²) >= 11 is 6.98. The maximum absolute atomic E-state index is 12.9. The van der Waals surface area contributed by atoms with E-state index in [-0.39, 0.29) is 11.7 Å². The fourth-order valence-corrected chi connectivity index (χ4v) is 5.31. The Labute approximate surface area is 237 Å². The van der Waals surface area contributed by atoms with E-state index in [1.165, 1.54) is 19.3 Å². The van der Waals surface area contributed by atoms with Crippen LogP contribution in [0.15, 0.2) is 65.6 Å². The first kappa shape index (κ1) is 27.5. The van der Waals surface area contributed by atoms with Crippen LogP contribution in [0, 0.1) is 6.92 Å². The van der Waals surface area contributed by atoms with Crippen LogP contribution >= 0.6 is 11.6 Å². The number of β-amino-alcohol motifs (C(OH)–C–C–N with tert-alkyl or cyclic N) is 1. The van der Waals surface area contributed by atoms with Crippen LogP contribution in [-0.4, -0.2) is 57.0 Å². The lowest BCUT2D eigenvalue weighted by molar-refractivity contribution is 0.102. The van der Waals surface area contributed by atoms with Crippen LogP contribution in [0.3, 0.4) is 0 Å². The van der Waals surface area contributed by atoms with Gasteiger partial charge in [0.05, 0.1) is 23.9 Å². The smallest absolute Gasteiger partial charge is 0.279 e. The number of benzene rings is 2. The first-order valence-electron chi connectivity index (χ1n) is 12.9. The van der Waals surface area contributed by atoms with Gasteiger partial charge in [-0.15, -0.1) is 0 Å². The Kier molecular flexibility index (Phi) is 7.97. The number of carbonyl (C=O) groups is 1. The molecule has 2 aromatic heterocycles. The van der Waals surface area contributed by atoms with Gasteiger partial charge >= 0.3 is 0 Å². The summed E-state index contributed by atoms with van der Waals surface area (Å²) in [4.78, 5) is 32.2. The van der Waals surface area contributed by atoms with Gasteiger partial charge in [0.2, 0.25) is 5.88 Å². The quantitative estimate of drug-likeness (QED) is 0.347. The fourth-order valence-electron chi connectivity index (χ4n) is 4.98. The Bertz CT molecular complexity index is 1640. The van der Waals surface area contributed by atoms with Crippen LogP contribution in [-0.2, 0) is 13.6 Å². The molecule has 0 bridgehead atoms. The van der Waals surface area contributed by atoms with Crippen molar-refractivity contribution in [3.8, 4) is 28.3 Å². The molecule has 1 aliphatic rings. The molecule has 2 N–H and O–H groups in total. The minimum Gasteiger partial charge on any atom is -0.481 e. The molecule has 1 aliphatic heterocycles. The van der Waals surface area contributed by atoms with Gasteiger partial charge in [0, 0.05) is 55.3 Å². The van der Waals surface area contributed by atoms with Crippen LogP contribution < -0.4 is 15.6 Å². The second kappa shape index (κ2) is 11.6. The number of nitrogens with one attached hydrogen (secondary N) is 1. The molecule has 40 heavy (non-hydrogen) atoms. The van der Waals surface area contributed by atoms with E-state index >= 15 is 0 Å². The molecule has 206 valence electrons. The number of ether oxygens (including phenoxy) is 1. The Balaban J connectivity index is 1.45. The van der Waals surface area contributed by atoms with Crippen molar-refractivity contribution in [2.45, 2.75) is 26.0 Å². The van der Waals surface area contributed by atoms with Gasteiger partial charge in [-0.25, -0.2) is 9.67 Å². The number of aryl methyl sites for hydroxylation is 1. The topological polar surface area (TPSA) is 110 Å². The SMILES string of the molecule is COc1nc(-c2cccc(-c3cccc(NC(=O)c4ccnn(C)c4=O)c3C)c2Cl)ccc1CN1CC[C@@H](O)C1. The zero-order valence-electron chi connectivity index (χ0n) is 22.5. The summed E-state index contributed by atoms with van der Waals surface area (Å²) in [5.74, 6) is 0.00595. The van der Waals surface area contributed by atoms with Crippen molar-refractivity contribution in [2.75, 3.05) is 25.5 Å². The molecule has 2 aromatic carbocycles. The van der Waals surface area contributed by atoms with E-state index in [9.17, 15) is 14.7 Å². The summed E-state index contributed by atoms with van der Waals surface area (Å²) in [6, 6.07) is 16.6. The molecular formula is C30H30ClN5O4. The first-order valence-corrected chi connectivity index (χ1v) is 13.3. The van der Waals surface area contributed by atoms with E-state index in [1.807, 2.05) is 49.4 Å². The average molecular weight is 560 g/mol. The molecule has 0 saturated carbocycles. The van der Waals surface area contributed by atoms with E-state index in [4.69, 9.17) is 21.3 Å². The van der Waals surface area contributed by atoms with Crippen molar-refractivity contribution in [3.63, 3.8) is 0 Å². The van der Waals surface area contributed by atoms with Crippen LogP contribution in [0.4, 0.5) is 5.69 Å². The number of carbonyl (C=O) groups excluding carboxylic acids is 1. The molecule has 0 unspecified atom stereocenters. The standard InChI is InChI=1S/C30H30ClN5O4/c1-18-21(6-5-9-25(18)33-28(38)24-12-14-32-35(2)30(24)39)22-7-4-8-23(27(22)31)26-11-10-19(29(34-26)40-3)16-36-15-13-20(37)17-36/h4-12,14,20,37H,13,15-17H2,1-3H3,(H,33,38)/t20-/m1/s1. The first-order chi connectivity index (χ1) is 19.3. The molecule has 4 aromatic rings. The number of anilines is 1. The summed E-state index contributed by atoms with van der Waals surface area (Å²) in [5.41, 5.74) is 4.87. The van der Waals surface area contributed by atoms with E-state index in [2.05, 4.69) is 15.3 Å². The second-order valence-electron chi connectivity index (χ2n) is 9.82. The molecule has 0 aliphatic carbocycles. The summed E-state index contributed by atoms with van der Waals surface area (Å²) in [6.07, 6.45) is 1.89. The minimum absolute atomic E-state index is 0.00621. The molecule has 5 rings (SSSR count). The molecule has 0 radical (unpaired) electrons. The lowest BCUT2D eigenvalue weighted by Crippen LogP contribution is -2.28. The van der Waals surface area contributed by atoms with E-state index in [0.29, 0.717) is 35.4 Å². The molecular weight excluding hydrogens is 530 g/mol. The third-order valence-electron chi connectivity index (χ3n) is 7.17. The summed E-state index contributed by atoms with van der Waals surface area (Å²) in [5, 5.41) is 17.1. The van der Waals surface area contributed by atoms with Gasteiger partial charge in [-0.3, -0.25) is 14.5 Å². The molecule has 9 nitrogen and oxygen atoms in total. The lowest BCUT2D eigenvalue weighted by Gasteiger charge is -2.18. The highest BCUT2D eigenvalue weighted by molar-refractivity contribution is 6.36. The maximum Gasteiger partial charge on any atom is 0.279 e. The van der Waals surface area contributed by atoms with Crippen LogP contribution in [0.25, 0.3) is 22.4 Å². The number of methoxy groups -OCH3 is 1. The van der Waals surface area contributed by atoms with Crippen molar-refractivity contribution in [1.82, 2.24) is 19.7 Å². The molecule has 3 heterocycles. The van der Waals surface area contributed by atoms with E-state index < -0.39 is 11.5 Å². The van der Waals surface area contributed by atoms with Crippen LogP contribution in [0.2, 0.25) is 5.02 Å². The van der Waals surface area contributed by atoms with Crippen molar-refractivity contribution in [1.29, 1.82) is 0 Å². The van der Waals surface area contributed by atoms with Gasteiger partial charge in [0.25, 0.3) is 11.5 Å². The molecule has 0 spiro atoms. The lowest BCUT2D eigenvalue weighted by atomic mass is 9.96. The Morgan fingerprint density at radius 3 is 2.62 bits per heavy atom. The Morgan fingerprint density at radius 2 is 1.88 bits per heavy atom. The molecule has 1 amide bonds. The number of nitrogens with zero attached hydrogens (tertiary/aromatic N) is 4. The number of pyridine rings is 1. The maximum atomic E-state index is 12.9. The largest absolute Gasteiger partial charge is 0.481 e. The van der Waals surface area contributed by atoms with Crippen molar-refractivity contribution in [2.24, 2.45) is 7.05 Å². The highest BCUT2D eigenvalue weighted by Gasteiger charge is 2.22. The number of rotatable bonds is 7. The van der Waals surface area contributed by atoms with E-state index in [1.54, 1.807) is 13.2 Å². The third-order valence-corrected chi connectivity index (χ3v) is 7.58. The molecule has 1 atom stereocenters. The number of amides is 1. The van der Waals surface area contributed by atoms with E-state index in [0.717, 1.165) is 45.5 Å². The number of hydrogen-bond donors (Lipinski definition) is 2. The molecule has 1 saturated heterocycles. The average Bonchev–Trinajstić information content (AvgIpc) is 3.36. The number of likely N-dealkylation sites (tertiary alicyclic amines) is 1. The minimum atomic E-state index is -0.511. The highest BCUT2D eigenvalue weighted by Crippen LogP contribution is 2.39. The fraction of sp³-hybridized carbons (Fsp3) is 0.267. The van der Waals surface area contributed by atoms with Gasteiger partial charge in [-0.1, -0.05) is 48.0 Å². The summed E-state index contributed by atoms with van der Waals surface area (Å²) < 4.78 is 6.73. The number of aliphatic hydroxyl groups is 1. The second-order valence-corrected chi connectivity index (χ2v) is 10.2. The number of hydrogen-bond acceptors (Lipinski definition) is 7. The number of aliphatic hydroxyl groups excluding tert-OH is 1. The molecule has 10 heteroatoms. The van der Waals surface area contributed by atoms with Crippen LogP contribution in [0.5, 0.6) is 5.88 Å². The highest BCUT2D eigenvalue weighted by atomic mass is 35.5. The summed E-state index contributed by atoms with van der Waals surface area (Å²) in [6.45, 7) is 4.00. The van der Waals surface area contributed by atoms with Gasteiger partial charge in [-0.05, 0) is 42.7 Å². The van der Waals surface area contributed by atoms with Gasteiger partial charge < -0.3 is 15.2 Å². The van der Waals surface area contributed by atoms with Gasteiger partial charge in [-0.2, -0.15) is 5.10 Å². The zero-order chi connectivity index (χ0) is 28.4. The Morgan fingerprint density at radius 1 is 1.12 bits per heavy atom. The monoisotopic (exact) mass is 559 g/mol. The zero-order valence-corrected chi connectivity index (χ0v) is 23.3. The number of halogens is 1. The third kappa shape index (κ3) is 5.49. The van der Waals surface area contributed by atoms with Gasteiger partial charge in [0.15, 0.2) is 0 Å². The van der Waals surface area contributed by atoms with Crippen molar-refractivity contribution in [3.05, 3.63) is 92.9 Å². The summed E-state index contributed by atoms with van der Waals surface area (Å²) in [7, 11) is 3.09. The number of aromatic nitrogens is 3. The van der Waals surface area contributed by atoms with Crippen molar-refractivity contribution >= 4 is 23.2 Å². The van der Waals surface area contributed by atoms with Gasteiger partial charge in [0.1, 0.15) is 5.56 Å². The van der Waals surface area contributed by atoms with Crippen molar-refractivity contribution < 1.29 is 14.6 Å². The Hall–Kier alpha value is -4.05.